The highest BCUT2D eigenvalue weighted by molar-refractivity contribution is 5.91. The number of anilines is 2. The van der Waals surface area contributed by atoms with E-state index in [1.807, 2.05) is 48.2 Å². The summed E-state index contributed by atoms with van der Waals surface area (Å²) in [6.07, 6.45) is 3.42. The van der Waals surface area contributed by atoms with Crippen LogP contribution in [0.1, 0.15) is 29.5 Å². The van der Waals surface area contributed by atoms with Crippen molar-refractivity contribution < 1.29 is 23.6 Å². The average molecular weight is 669 g/mol. The van der Waals surface area contributed by atoms with Gasteiger partial charge in [0.2, 0.25) is 5.91 Å². The van der Waals surface area contributed by atoms with Crippen LogP contribution in [0.15, 0.2) is 66.9 Å². The van der Waals surface area contributed by atoms with Crippen molar-refractivity contribution in [2.45, 2.75) is 44.7 Å². The minimum Gasteiger partial charge on any atom is -0.368 e. The molecule has 4 aromatic rings. The lowest BCUT2D eigenvalue weighted by Gasteiger charge is -2.38. The zero-order valence-corrected chi connectivity index (χ0v) is 27.5. The summed E-state index contributed by atoms with van der Waals surface area (Å²) in [5.41, 5.74) is 5.70. The predicted molar refractivity (Wildman–Crippen MR) is 184 cm³/mol. The Kier molecular flexibility index (Phi) is 9.34. The van der Waals surface area contributed by atoms with Gasteiger partial charge in [-0.3, -0.25) is 9.89 Å². The molecule has 0 aliphatic carbocycles. The normalized spacial score (nSPS) is 18.1. The van der Waals surface area contributed by atoms with Crippen LogP contribution in [0.25, 0.3) is 10.9 Å². The molecule has 0 spiro atoms. The average Bonchev–Trinajstić information content (AvgIpc) is 3.52. The molecule has 1 atom stereocenters. The van der Waals surface area contributed by atoms with E-state index in [2.05, 4.69) is 25.7 Å². The number of carbonyl (C=O) groups excluding carboxylic acids is 3. The Hall–Kier alpha value is -5.17. The molecule has 12 nitrogen and oxygen atoms in total. The number of H-pyrrole nitrogens is 1. The minimum atomic E-state index is -0.853. The van der Waals surface area contributed by atoms with Gasteiger partial charge < -0.3 is 30.2 Å². The van der Waals surface area contributed by atoms with Crippen LogP contribution in [0.3, 0.4) is 0 Å². The standard InChI is InChI=1S/C36H41FN8O4/c1-24-20-25(21-27-23-38-41-33(24)27)22-32(34(46)43-18-16-42(17-19-43)29-8-6-28(37)7-9-29)40-36(48)49-44-13-11-30(12-14-44)45-15-10-26-4-2-3-5-31(26)39-35(45)47/h2-9,20-21,23,30,32H,10-19,22H2,1H3,(H,38,41)(H,39,47)(H,40,48). The third-order valence-electron chi connectivity index (χ3n) is 9.84. The number of amides is 4. The molecule has 7 rings (SSSR count). The van der Waals surface area contributed by atoms with Gasteiger partial charge in [-0.25, -0.2) is 14.0 Å². The number of aryl methyl sites for hydroxylation is 1. The van der Waals surface area contributed by atoms with Crippen LogP contribution in [-0.4, -0.2) is 101 Å². The van der Waals surface area contributed by atoms with Crippen molar-refractivity contribution in [1.29, 1.82) is 0 Å². The molecule has 13 heteroatoms. The van der Waals surface area contributed by atoms with Crippen LogP contribution in [0, 0.1) is 12.7 Å². The van der Waals surface area contributed by atoms with Crippen molar-refractivity contribution >= 4 is 40.3 Å². The van der Waals surface area contributed by atoms with E-state index in [0.717, 1.165) is 45.4 Å². The number of carbonyl (C=O) groups is 3. The molecule has 2 saturated heterocycles. The molecule has 0 saturated carbocycles. The van der Waals surface area contributed by atoms with Crippen molar-refractivity contribution in [1.82, 2.24) is 30.4 Å². The van der Waals surface area contributed by atoms with E-state index in [-0.39, 0.29) is 30.2 Å². The number of para-hydroxylation sites is 1. The highest BCUT2D eigenvalue weighted by atomic mass is 19.1. The summed E-state index contributed by atoms with van der Waals surface area (Å²) in [4.78, 5) is 51.9. The van der Waals surface area contributed by atoms with Gasteiger partial charge in [-0.2, -0.15) is 5.10 Å². The number of hydrogen-bond donors (Lipinski definition) is 3. The molecular formula is C36H41FN8O4. The summed E-state index contributed by atoms with van der Waals surface area (Å²) in [6.45, 7) is 5.65. The highest BCUT2D eigenvalue weighted by Gasteiger charge is 2.33. The molecule has 49 heavy (non-hydrogen) atoms. The van der Waals surface area contributed by atoms with Crippen molar-refractivity contribution in [3.05, 3.63) is 89.4 Å². The second-order valence-corrected chi connectivity index (χ2v) is 13.0. The number of piperazine rings is 1. The first-order chi connectivity index (χ1) is 23.8. The summed E-state index contributed by atoms with van der Waals surface area (Å²) in [5, 5.41) is 15.6. The first kappa shape index (κ1) is 32.4. The monoisotopic (exact) mass is 668 g/mol. The van der Waals surface area contributed by atoms with E-state index in [4.69, 9.17) is 4.84 Å². The molecular weight excluding hydrogens is 627 g/mol. The highest BCUT2D eigenvalue weighted by Crippen LogP contribution is 2.25. The van der Waals surface area contributed by atoms with E-state index < -0.39 is 12.1 Å². The summed E-state index contributed by atoms with van der Waals surface area (Å²) >= 11 is 0. The summed E-state index contributed by atoms with van der Waals surface area (Å²) in [5.74, 6) is -0.477. The molecule has 3 aliphatic rings. The molecule has 3 aromatic carbocycles. The number of rotatable bonds is 7. The lowest BCUT2D eigenvalue weighted by Crippen LogP contribution is -2.56. The SMILES string of the molecule is Cc1cc(CC(NC(=O)ON2CCC(N3CCc4ccccc4NC3=O)CC2)C(=O)N2CCN(c3ccc(F)cc3)CC2)cc2cn[nH]c12. The van der Waals surface area contributed by atoms with Gasteiger partial charge in [0.15, 0.2) is 0 Å². The number of piperidine rings is 1. The van der Waals surface area contributed by atoms with E-state index in [9.17, 15) is 18.8 Å². The Morgan fingerprint density at radius 1 is 1.00 bits per heavy atom. The molecule has 2 fully saturated rings. The number of aromatic nitrogens is 2. The number of fused-ring (bicyclic) bond motifs is 2. The Bertz CT molecular complexity index is 1820. The van der Waals surface area contributed by atoms with E-state index in [1.54, 1.807) is 28.3 Å². The number of benzene rings is 3. The Balaban J connectivity index is 0.978. The molecule has 256 valence electrons. The lowest BCUT2D eigenvalue weighted by atomic mass is 10.0. The van der Waals surface area contributed by atoms with Gasteiger partial charge in [0.05, 0.1) is 11.7 Å². The van der Waals surface area contributed by atoms with Crippen LogP contribution in [-0.2, 0) is 22.5 Å². The molecule has 0 radical (unpaired) electrons. The largest absolute Gasteiger partial charge is 0.426 e. The quantitative estimate of drug-likeness (QED) is 0.266. The van der Waals surface area contributed by atoms with Crippen molar-refractivity contribution in [2.75, 3.05) is 56.0 Å². The van der Waals surface area contributed by atoms with Gasteiger partial charge in [-0.15, -0.1) is 5.06 Å². The molecule has 1 unspecified atom stereocenters. The van der Waals surface area contributed by atoms with Crippen molar-refractivity contribution in [3.63, 3.8) is 0 Å². The van der Waals surface area contributed by atoms with Gasteiger partial charge in [0, 0.05) is 75.0 Å². The second kappa shape index (κ2) is 14.1. The zero-order chi connectivity index (χ0) is 33.9. The number of hydroxylamine groups is 2. The first-order valence-corrected chi connectivity index (χ1v) is 16.9. The fourth-order valence-corrected chi connectivity index (χ4v) is 7.19. The van der Waals surface area contributed by atoms with Crippen LogP contribution in [0.2, 0.25) is 0 Å². The Morgan fingerprint density at radius 2 is 1.76 bits per heavy atom. The van der Waals surface area contributed by atoms with Crippen molar-refractivity contribution in [3.8, 4) is 0 Å². The predicted octanol–water partition coefficient (Wildman–Crippen LogP) is 4.47. The molecule has 4 heterocycles. The molecule has 0 bridgehead atoms. The van der Waals surface area contributed by atoms with E-state index in [1.165, 1.54) is 12.1 Å². The summed E-state index contributed by atoms with van der Waals surface area (Å²) in [6, 6.07) is 17.3. The maximum atomic E-state index is 14.0. The number of aromatic amines is 1. The van der Waals surface area contributed by atoms with Crippen LogP contribution in [0.5, 0.6) is 0 Å². The maximum absolute atomic E-state index is 14.0. The zero-order valence-electron chi connectivity index (χ0n) is 27.5. The van der Waals surface area contributed by atoms with E-state index in [0.29, 0.717) is 58.7 Å². The fraction of sp³-hybridized carbons (Fsp3) is 0.389. The fourth-order valence-electron chi connectivity index (χ4n) is 7.19. The minimum absolute atomic E-state index is 0.0289. The van der Waals surface area contributed by atoms with Gasteiger partial charge in [0.1, 0.15) is 11.9 Å². The molecule has 3 aliphatic heterocycles. The van der Waals surface area contributed by atoms with Crippen LogP contribution >= 0.6 is 0 Å². The number of hydrogen-bond acceptors (Lipinski definition) is 7. The maximum Gasteiger partial charge on any atom is 0.426 e. The number of nitrogens with one attached hydrogen (secondary N) is 3. The third kappa shape index (κ3) is 7.31. The summed E-state index contributed by atoms with van der Waals surface area (Å²) in [7, 11) is 0. The molecule has 3 N–H and O–H groups in total. The number of nitrogens with zero attached hydrogens (tertiary/aromatic N) is 5. The third-order valence-corrected chi connectivity index (χ3v) is 9.84. The second-order valence-electron chi connectivity index (χ2n) is 13.0. The van der Waals surface area contributed by atoms with Crippen LogP contribution < -0.4 is 15.5 Å². The van der Waals surface area contributed by atoms with Crippen molar-refractivity contribution in [2.24, 2.45) is 0 Å². The Morgan fingerprint density at radius 3 is 2.53 bits per heavy atom. The molecule has 1 aromatic heterocycles. The lowest BCUT2D eigenvalue weighted by molar-refractivity contribution is -0.136. The first-order valence-electron chi connectivity index (χ1n) is 16.9. The Labute approximate surface area is 284 Å². The topological polar surface area (TPSA) is 126 Å². The van der Waals surface area contributed by atoms with E-state index >= 15 is 0 Å². The smallest absolute Gasteiger partial charge is 0.368 e. The van der Waals surface area contributed by atoms with Gasteiger partial charge in [-0.1, -0.05) is 24.3 Å². The van der Waals surface area contributed by atoms with Gasteiger partial charge >= 0.3 is 12.1 Å². The van der Waals surface area contributed by atoms with Gasteiger partial charge in [0.25, 0.3) is 0 Å². The summed E-state index contributed by atoms with van der Waals surface area (Å²) < 4.78 is 13.5. The van der Waals surface area contributed by atoms with Crippen LogP contribution in [0.4, 0.5) is 25.4 Å². The van der Waals surface area contributed by atoms with Gasteiger partial charge in [-0.05, 0) is 79.3 Å². The molecule has 4 amide bonds. The number of halogens is 1. The number of urea groups is 1.